The van der Waals surface area contributed by atoms with E-state index in [0.29, 0.717) is 5.54 Å². The summed E-state index contributed by atoms with van der Waals surface area (Å²) in [7, 11) is 0. The van der Waals surface area contributed by atoms with Crippen molar-refractivity contribution < 1.29 is 0 Å². The number of hydrogen-bond donors (Lipinski definition) is 2. The van der Waals surface area contributed by atoms with Gasteiger partial charge in [0.25, 0.3) is 0 Å². The van der Waals surface area contributed by atoms with E-state index in [1.807, 2.05) is 13.8 Å². The van der Waals surface area contributed by atoms with Crippen LogP contribution in [0.5, 0.6) is 0 Å². The molecule has 0 aliphatic carbocycles. The molecule has 0 bridgehead atoms. The molecule has 2 fully saturated rings. The summed E-state index contributed by atoms with van der Waals surface area (Å²) in [6.45, 7) is 7.66. The topological polar surface area (TPSA) is 24.1 Å². The second kappa shape index (κ2) is 5.61. The van der Waals surface area contributed by atoms with Crippen LogP contribution in [0.2, 0.25) is 0 Å². The minimum Gasteiger partial charge on any atom is -0.315 e. The van der Waals surface area contributed by atoms with E-state index in [4.69, 9.17) is 0 Å². The maximum absolute atomic E-state index is 3.67. The molecule has 2 heterocycles. The van der Waals surface area contributed by atoms with Crippen LogP contribution in [0.25, 0.3) is 0 Å². The molecule has 0 amide bonds. The van der Waals surface area contributed by atoms with Crippen LogP contribution in [-0.2, 0) is 0 Å². The van der Waals surface area contributed by atoms with Gasteiger partial charge in [0.15, 0.2) is 0 Å². The summed E-state index contributed by atoms with van der Waals surface area (Å²) >= 11 is 0. The SMILES string of the molecule is C1CCC2(CCCNC2)NC1.CC. The molecule has 0 aromatic carbocycles. The Morgan fingerprint density at radius 1 is 0.923 bits per heavy atom. The third kappa shape index (κ3) is 2.96. The van der Waals surface area contributed by atoms with Crippen LogP contribution < -0.4 is 10.6 Å². The molecule has 1 unspecified atom stereocenters. The van der Waals surface area contributed by atoms with E-state index < -0.39 is 0 Å². The number of rotatable bonds is 0. The smallest absolute Gasteiger partial charge is 0.0306 e. The molecule has 0 aromatic heterocycles. The van der Waals surface area contributed by atoms with E-state index in [1.165, 1.54) is 51.7 Å². The Bertz CT molecular complexity index is 103. The fourth-order valence-electron chi connectivity index (χ4n) is 2.36. The van der Waals surface area contributed by atoms with Crippen molar-refractivity contribution >= 4 is 0 Å². The molecule has 2 aliphatic rings. The number of piperidine rings is 2. The fourth-order valence-corrected chi connectivity index (χ4v) is 2.36. The first-order chi connectivity index (χ1) is 6.41. The minimum absolute atomic E-state index is 0.497. The Morgan fingerprint density at radius 2 is 1.69 bits per heavy atom. The standard InChI is InChI=1S/C9H18N2.C2H6/c1-2-7-11-9(4-1)5-3-6-10-8-9;1-2/h10-11H,1-8H2;1-2H3. The van der Waals surface area contributed by atoms with Gasteiger partial charge in [0.1, 0.15) is 0 Å². The van der Waals surface area contributed by atoms with Crippen molar-refractivity contribution in [2.45, 2.75) is 51.5 Å². The number of hydrogen-bond acceptors (Lipinski definition) is 2. The highest BCUT2D eigenvalue weighted by molar-refractivity contribution is 4.95. The minimum atomic E-state index is 0.497. The summed E-state index contributed by atoms with van der Waals surface area (Å²) in [5.74, 6) is 0. The zero-order valence-corrected chi connectivity index (χ0v) is 9.16. The lowest BCUT2D eigenvalue weighted by Gasteiger charge is -2.41. The lowest BCUT2D eigenvalue weighted by Crippen LogP contribution is -2.57. The van der Waals surface area contributed by atoms with Crippen molar-refractivity contribution in [3.05, 3.63) is 0 Å². The average Bonchev–Trinajstić information content (AvgIpc) is 2.23. The summed E-state index contributed by atoms with van der Waals surface area (Å²) in [6.07, 6.45) is 6.93. The normalized spacial score (nSPS) is 33.7. The highest BCUT2D eigenvalue weighted by atomic mass is 15.1. The number of nitrogens with one attached hydrogen (secondary N) is 2. The van der Waals surface area contributed by atoms with Crippen LogP contribution in [0, 0.1) is 0 Å². The quantitative estimate of drug-likeness (QED) is 0.601. The molecular formula is C11H24N2. The zero-order valence-electron chi connectivity index (χ0n) is 9.16. The zero-order chi connectivity index (χ0) is 9.57. The van der Waals surface area contributed by atoms with Gasteiger partial charge in [0.2, 0.25) is 0 Å². The predicted molar refractivity (Wildman–Crippen MR) is 58.0 cm³/mol. The molecule has 2 heteroatoms. The molecule has 0 aromatic rings. The van der Waals surface area contributed by atoms with E-state index >= 15 is 0 Å². The molecule has 2 aliphatic heterocycles. The molecule has 13 heavy (non-hydrogen) atoms. The van der Waals surface area contributed by atoms with Gasteiger partial charge in [-0.2, -0.15) is 0 Å². The van der Waals surface area contributed by atoms with Gasteiger partial charge in [0.05, 0.1) is 0 Å². The molecule has 0 saturated carbocycles. The Balaban J connectivity index is 0.000000396. The lowest BCUT2D eigenvalue weighted by molar-refractivity contribution is 0.200. The van der Waals surface area contributed by atoms with E-state index in [1.54, 1.807) is 0 Å². The predicted octanol–water partition coefficient (Wildman–Crippen LogP) is 1.91. The van der Waals surface area contributed by atoms with Crippen molar-refractivity contribution in [3.8, 4) is 0 Å². The highest BCUT2D eigenvalue weighted by Gasteiger charge is 2.32. The van der Waals surface area contributed by atoms with Crippen molar-refractivity contribution in [2.24, 2.45) is 0 Å². The summed E-state index contributed by atoms with van der Waals surface area (Å²) in [5.41, 5.74) is 0.497. The van der Waals surface area contributed by atoms with Crippen molar-refractivity contribution in [1.82, 2.24) is 10.6 Å². The highest BCUT2D eigenvalue weighted by Crippen LogP contribution is 2.25. The van der Waals surface area contributed by atoms with E-state index in [-0.39, 0.29) is 0 Å². The maximum atomic E-state index is 3.67. The second-order valence-corrected chi connectivity index (χ2v) is 3.94. The van der Waals surface area contributed by atoms with Gasteiger partial charge in [-0.15, -0.1) is 0 Å². The Kier molecular flexibility index (Phi) is 4.74. The first kappa shape index (κ1) is 11.0. The average molecular weight is 184 g/mol. The van der Waals surface area contributed by atoms with Gasteiger partial charge < -0.3 is 10.6 Å². The van der Waals surface area contributed by atoms with Crippen molar-refractivity contribution in [3.63, 3.8) is 0 Å². The Hall–Kier alpha value is -0.0800. The molecule has 78 valence electrons. The third-order valence-corrected chi connectivity index (χ3v) is 3.05. The van der Waals surface area contributed by atoms with Crippen LogP contribution in [0.3, 0.4) is 0 Å². The van der Waals surface area contributed by atoms with Gasteiger partial charge in [0, 0.05) is 12.1 Å². The molecule has 0 radical (unpaired) electrons. The molecule has 2 rings (SSSR count). The summed E-state index contributed by atoms with van der Waals surface area (Å²) < 4.78 is 0. The lowest BCUT2D eigenvalue weighted by atomic mass is 9.83. The van der Waals surface area contributed by atoms with Crippen LogP contribution in [-0.4, -0.2) is 25.2 Å². The first-order valence-corrected chi connectivity index (χ1v) is 5.87. The van der Waals surface area contributed by atoms with Crippen molar-refractivity contribution in [2.75, 3.05) is 19.6 Å². The molecule has 1 atom stereocenters. The second-order valence-electron chi connectivity index (χ2n) is 3.94. The Labute approximate surface area is 82.5 Å². The van der Waals surface area contributed by atoms with Gasteiger partial charge in [-0.25, -0.2) is 0 Å². The van der Waals surface area contributed by atoms with Crippen LogP contribution in [0.4, 0.5) is 0 Å². The molecule has 1 spiro atoms. The van der Waals surface area contributed by atoms with E-state index in [0.717, 1.165) is 0 Å². The van der Waals surface area contributed by atoms with Crippen LogP contribution in [0.15, 0.2) is 0 Å². The monoisotopic (exact) mass is 184 g/mol. The molecular weight excluding hydrogens is 160 g/mol. The van der Waals surface area contributed by atoms with Crippen LogP contribution >= 0.6 is 0 Å². The van der Waals surface area contributed by atoms with Gasteiger partial charge in [-0.1, -0.05) is 20.3 Å². The van der Waals surface area contributed by atoms with Crippen LogP contribution in [0.1, 0.15) is 46.0 Å². The van der Waals surface area contributed by atoms with Crippen molar-refractivity contribution in [1.29, 1.82) is 0 Å². The van der Waals surface area contributed by atoms with Gasteiger partial charge >= 0.3 is 0 Å². The van der Waals surface area contributed by atoms with E-state index in [2.05, 4.69) is 10.6 Å². The fraction of sp³-hybridized carbons (Fsp3) is 1.00. The van der Waals surface area contributed by atoms with Gasteiger partial charge in [-0.3, -0.25) is 0 Å². The summed E-state index contributed by atoms with van der Waals surface area (Å²) in [4.78, 5) is 0. The molecule has 2 nitrogen and oxygen atoms in total. The summed E-state index contributed by atoms with van der Waals surface area (Å²) in [6, 6.07) is 0. The summed E-state index contributed by atoms with van der Waals surface area (Å²) in [5, 5.41) is 7.15. The van der Waals surface area contributed by atoms with Gasteiger partial charge in [-0.05, 0) is 38.8 Å². The maximum Gasteiger partial charge on any atom is 0.0306 e. The Morgan fingerprint density at radius 3 is 2.23 bits per heavy atom. The molecule has 2 N–H and O–H groups in total. The first-order valence-electron chi connectivity index (χ1n) is 5.87. The van der Waals surface area contributed by atoms with E-state index in [9.17, 15) is 0 Å². The molecule has 2 saturated heterocycles. The largest absolute Gasteiger partial charge is 0.315 e. The third-order valence-electron chi connectivity index (χ3n) is 3.05.